The van der Waals surface area contributed by atoms with Gasteiger partial charge in [0, 0.05) is 16.9 Å². The fraction of sp³-hybridized carbons (Fsp3) is 0.238. The molecule has 2 aromatic carbocycles. The number of aromatic nitrogens is 2. The topological polar surface area (TPSA) is 46.9 Å². The quantitative estimate of drug-likeness (QED) is 0.759. The highest BCUT2D eigenvalue weighted by atomic mass is 19.2. The van der Waals surface area contributed by atoms with Crippen LogP contribution in [0.4, 0.5) is 8.78 Å². The van der Waals surface area contributed by atoms with E-state index in [0.717, 1.165) is 55.0 Å². The number of para-hydroxylation sites is 1. The Morgan fingerprint density at radius 2 is 1.81 bits per heavy atom. The Labute approximate surface area is 155 Å². The minimum Gasteiger partial charge on any atom is -0.345 e. The zero-order valence-electron chi connectivity index (χ0n) is 14.7. The van der Waals surface area contributed by atoms with Gasteiger partial charge in [-0.2, -0.15) is 0 Å². The molecule has 1 aliphatic carbocycles. The van der Waals surface area contributed by atoms with E-state index in [1.165, 1.54) is 11.8 Å². The van der Waals surface area contributed by atoms with Crippen LogP contribution in [0.3, 0.4) is 0 Å². The molecule has 0 radical (unpaired) electrons. The number of rotatable bonds is 4. The van der Waals surface area contributed by atoms with Crippen molar-refractivity contribution in [1.29, 1.82) is 0 Å². The van der Waals surface area contributed by atoms with Gasteiger partial charge in [-0.3, -0.25) is 9.36 Å². The minimum absolute atomic E-state index is 0.0801. The van der Waals surface area contributed by atoms with Gasteiger partial charge in [-0.1, -0.05) is 18.2 Å². The third-order valence-corrected chi connectivity index (χ3v) is 4.81. The van der Waals surface area contributed by atoms with E-state index in [0.29, 0.717) is 0 Å². The summed E-state index contributed by atoms with van der Waals surface area (Å²) in [6.07, 6.45) is 4.11. The summed E-state index contributed by atoms with van der Waals surface area (Å²) in [7, 11) is 0. The molecule has 0 saturated heterocycles. The Balaban J connectivity index is 1.61. The third-order valence-electron chi connectivity index (χ3n) is 4.81. The predicted octanol–water partition coefficient (Wildman–Crippen LogP) is 3.96. The van der Waals surface area contributed by atoms with Crippen LogP contribution in [-0.4, -0.2) is 15.5 Å². The number of amides is 1. The van der Waals surface area contributed by atoms with E-state index >= 15 is 0 Å². The molecule has 138 valence electrons. The fourth-order valence-corrected chi connectivity index (χ4v) is 3.50. The first-order valence-corrected chi connectivity index (χ1v) is 9.01. The number of benzene rings is 2. The van der Waals surface area contributed by atoms with Crippen LogP contribution in [0.2, 0.25) is 0 Å². The molecule has 1 aromatic heterocycles. The Morgan fingerprint density at radius 1 is 1.04 bits per heavy atom. The molecule has 0 unspecified atom stereocenters. The summed E-state index contributed by atoms with van der Waals surface area (Å²) in [6.45, 7) is 0.208. The van der Waals surface area contributed by atoms with Crippen LogP contribution in [0.15, 0.2) is 48.5 Å². The molecule has 27 heavy (non-hydrogen) atoms. The van der Waals surface area contributed by atoms with Crippen LogP contribution >= 0.6 is 0 Å². The maximum atomic E-state index is 13.4. The van der Waals surface area contributed by atoms with E-state index in [2.05, 4.69) is 9.88 Å². The molecular formula is C21H19F2N3O. The van der Waals surface area contributed by atoms with E-state index in [1.807, 2.05) is 30.3 Å². The van der Waals surface area contributed by atoms with Crippen LogP contribution in [0.1, 0.15) is 40.4 Å². The molecule has 0 spiro atoms. The number of fused-ring (bicyclic) bond motifs is 1. The average molecular weight is 367 g/mol. The monoisotopic (exact) mass is 367 g/mol. The van der Waals surface area contributed by atoms with Crippen molar-refractivity contribution in [3.63, 3.8) is 0 Å². The summed E-state index contributed by atoms with van der Waals surface area (Å²) in [6, 6.07) is 13.0. The molecule has 1 aliphatic rings. The van der Waals surface area contributed by atoms with Gasteiger partial charge in [0.15, 0.2) is 11.6 Å². The van der Waals surface area contributed by atoms with Crippen LogP contribution < -0.4 is 5.32 Å². The molecule has 1 amide bonds. The van der Waals surface area contributed by atoms with Gasteiger partial charge >= 0.3 is 0 Å². The summed E-state index contributed by atoms with van der Waals surface area (Å²) < 4.78 is 28.5. The summed E-state index contributed by atoms with van der Waals surface area (Å²) in [5, 5.41) is 2.77. The molecule has 4 rings (SSSR count). The lowest BCUT2D eigenvalue weighted by molar-refractivity contribution is 0.0949. The second-order valence-corrected chi connectivity index (χ2v) is 6.61. The number of halogens is 2. The Morgan fingerprint density at radius 3 is 2.59 bits per heavy atom. The second-order valence-electron chi connectivity index (χ2n) is 6.61. The maximum absolute atomic E-state index is 13.4. The first-order valence-electron chi connectivity index (χ1n) is 9.01. The highest BCUT2D eigenvalue weighted by molar-refractivity contribution is 5.94. The van der Waals surface area contributed by atoms with Crippen molar-refractivity contribution < 1.29 is 13.6 Å². The zero-order chi connectivity index (χ0) is 18.8. The van der Waals surface area contributed by atoms with Gasteiger partial charge in [0.05, 0.1) is 12.2 Å². The van der Waals surface area contributed by atoms with Crippen molar-refractivity contribution in [2.75, 3.05) is 0 Å². The molecule has 0 bridgehead atoms. The van der Waals surface area contributed by atoms with Gasteiger partial charge < -0.3 is 5.32 Å². The predicted molar refractivity (Wildman–Crippen MR) is 97.7 cm³/mol. The molecule has 6 heteroatoms. The zero-order valence-corrected chi connectivity index (χ0v) is 14.7. The summed E-state index contributed by atoms with van der Waals surface area (Å²) >= 11 is 0. The molecule has 1 heterocycles. The largest absolute Gasteiger partial charge is 0.345 e. The molecule has 4 nitrogen and oxygen atoms in total. The lowest BCUT2D eigenvalue weighted by atomic mass is 10.0. The van der Waals surface area contributed by atoms with Crippen LogP contribution in [0.25, 0.3) is 5.69 Å². The number of imidazole rings is 1. The van der Waals surface area contributed by atoms with Crippen molar-refractivity contribution in [3.05, 3.63) is 82.9 Å². The van der Waals surface area contributed by atoms with Gasteiger partial charge in [0.2, 0.25) is 0 Å². The normalized spacial score (nSPS) is 13.3. The van der Waals surface area contributed by atoms with Crippen LogP contribution in [0, 0.1) is 11.6 Å². The third kappa shape index (κ3) is 3.47. The highest BCUT2D eigenvalue weighted by Crippen LogP contribution is 2.25. The number of nitrogens with one attached hydrogen (secondary N) is 1. The number of nitrogens with zero attached hydrogens (tertiary/aromatic N) is 2. The molecule has 3 aromatic rings. The standard InChI is InChI=1S/C21H19F2N3O/c22-16-11-10-14(12-17(16)23)21(27)24-13-20-25-18-8-4-5-9-19(18)26(20)15-6-2-1-3-7-15/h1-3,6-7,10-12H,4-5,8-9,13H2,(H,24,27). The van der Waals surface area contributed by atoms with E-state index < -0.39 is 17.5 Å². The van der Waals surface area contributed by atoms with E-state index in [-0.39, 0.29) is 12.1 Å². The summed E-state index contributed by atoms with van der Waals surface area (Å²) in [5.41, 5.74) is 3.34. The molecule has 0 saturated carbocycles. The molecule has 1 N–H and O–H groups in total. The number of hydrogen-bond acceptors (Lipinski definition) is 2. The number of carbonyl (C=O) groups is 1. The van der Waals surface area contributed by atoms with Crippen molar-refractivity contribution in [3.8, 4) is 5.69 Å². The summed E-state index contributed by atoms with van der Waals surface area (Å²) in [5.74, 6) is -1.73. The number of aryl methyl sites for hydroxylation is 1. The number of carbonyl (C=O) groups excluding carboxylic acids is 1. The molecular weight excluding hydrogens is 348 g/mol. The van der Waals surface area contributed by atoms with E-state index in [1.54, 1.807) is 0 Å². The van der Waals surface area contributed by atoms with Gasteiger partial charge in [-0.05, 0) is 56.0 Å². The van der Waals surface area contributed by atoms with Crippen molar-refractivity contribution in [2.45, 2.75) is 32.2 Å². The van der Waals surface area contributed by atoms with E-state index in [9.17, 15) is 13.6 Å². The highest BCUT2D eigenvalue weighted by Gasteiger charge is 2.21. The van der Waals surface area contributed by atoms with Crippen LogP contribution in [0.5, 0.6) is 0 Å². The number of hydrogen-bond donors (Lipinski definition) is 1. The van der Waals surface area contributed by atoms with Gasteiger partial charge in [-0.25, -0.2) is 13.8 Å². The summed E-state index contributed by atoms with van der Waals surface area (Å²) in [4.78, 5) is 17.1. The van der Waals surface area contributed by atoms with Gasteiger partial charge in [0.1, 0.15) is 5.82 Å². The Kier molecular flexibility index (Phi) is 4.71. The lowest BCUT2D eigenvalue weighted by Gasteiger charge is -2.15. The van der Waals surface area contributed by atoms with Gasteiger partial charge in [0.25, 0.3) is 5.91 Å². The molecule has 0 atom stereocenters. The second kappa shape index (κ2) is 7.31. The minimum atomic E-state index is -1.04. The van der Waals surface area contributed by atoms with Crippen molar-refractivity contribution in [1.82, 2.24) is 14.9 Å². The van der Waals surface area contributed by atoms with Gasteiger partial charge in [-0.15, -0.1) is 0 Å². The van der Waals surface area contributed by atoms with Crippen LogP contribution in [-0.2, 0) is 19.4 Å². The smallest absolute Gasteiger partial charge is 0.251 e. The first-order chi connectivity index (χ1) is 13.1. The maximum Gasteiger partial charge on any atom is 0.251 e. The van der Waals surface area contributed by atoms with E-state index in [4.69, 9.17) is 4.98 Å². The first kappa shape index (κ1) is 17.4. The lowest BCUT2D eigenvalue weighted by Crippen LogP contribution is -2.25. The fourth-order valence-electron chi connectivity index (χ4n) is 3.50. The molecule has 0 aliphatic heterocycles. The molecule has 0 fully saturated rings. The Hall–Kier alpha value is -3.02. The SMILES string of the molecule is O=C(NCc1nc2c(n1-c1ccccc1)CCCC2)c1ccc(F)c(F)c1. The average Bonchev–Trinajstić information content (AvgIpc) is 3.07. The Bertz CT molecular complexity index is 983. The van der Waals surface area contributed by atoms with Crippen molar-refractivity contribution >= 4 is 5.91 Å². The van der Waals surface area contributed by atoms with Crippen molar-refractivity contribution in [2.24, 2.45) is 0 Å².